The molecule has 0 aliphatic carbocycles. The fraction of sp³-hybridized carbons (Fsp3) is 0.250. The molecule has 1 heteroatoms. The van der Waals surface area contributed by atoms with Crippen molar-refractivity contribution < 1.29 is 0 Å². The number of aryl methyl sites for hydroxylation is 1. The molecule has 0 saturated carbocycles. The molecule has 0 fully saturated rings. The van der Waals surface area contributed by atoms with E-state index in [1.807, 2.05) is 13.0 Å². The smallest absolute Gasteiger partial charge is 0.0366 e. The van der Waals surface area contributed by atoms with Crippen molar-refractivity contribution in [2.24, 2.45) is 0 Å². The molecule has 17 heavy (non-hydrogen) atoms. The maximum atomic E-state index is 3.75. The largest absolute Gasteiger partial charge is 0.381 e. The van der Waals surface area contributed by atoms with E-state index in [9.17, 15) is 0 Å². The molecule has 0 saturated heterocycles. The van der Waals surface area contributed by atoms with Gasteiger partial charge in [0.1, 0.15) is 0 Å². The van der Waals surface area contributed by atoms with Crippen molar-refractivity contribution in [3.63, 3.8) is 0 Å². The minimum Gasteiger partial charge on any atom is -0.381 e. The molecule has 0 atom stereocenters. The first-order valence-corrected chi connectivity index (χ1v) is 5.98. The van der Waals surface area contributed by atoms with Gasteiger partial charge in [-0.25, -0.2) is 0 Å². The molecule has 1 nitrogen and oxygen atoms in total. The molecule has 0 spiro atoms. The maximum absolute atomic E-state index is 3.75. The van der Waals surface area contributed by atoms with Crippen LogP contribution in [0.1, 0.15) is 18.9 Å². The third-order valence-electron chi connectivity index (χ3n) is 2.54. The summed E-state index contributed by atoms with van der Waals surface area (Å²) < 4.78 is 0. The van der Waals surface area contributed by atoms with Gasteiger partial charge in [-0.05, 0) is 38.0 Å². The second-order valence-electron chi connectivity index (χ2n) is 4.05. The Labute approximate surface area is 105 Å². The van der Waals surface area contributed by atoms with Crippen molar-refractivity contribution in [3.05, 3.63) is 66.3 Å². The van der Waals surface area contributed by atoms with E-state index >= 15 is 0 Å². The van der Waals surface area contributed by atoms with E-state index in [-0.39, 0.29) is 0 Å². The Hall–Kier alpha value is -1.76. The van der Waals surface area contributed by atoms with Gasteiger partial charge in [0.25, 0.3) is 0 Å². The summed E-state index contributed by atoms with van der Waals surface area (Å²) in [5, 5.41) is 3.42. The third kappa shape index (κ3) is 5.21. The number of allylic oxidation sites excluding steroid dienone is 4. The van der Waals surface area contributed by atoms with Gasteiger partial charge in [0.05, 0.1) is 0 Å². The fourth-order valence-corrected chi connectivity index (χ4v) is 1.52. The maximum Gasteiger partial charge on any atom is 0.0366 e. The molecule has 0 aliphatic heterocycles. The van der Waals surface area contributed by atoms with Crippen LogP contribution in [-0.4, -0.2) is 6.54 Å². The molecule has 1 N–H and O–H groups in total. The van der Waals surface area contributed by atoms with Crippen LogP contribution >= 0.6 is 0 Å². The highest BCUT2D eigenvalue weighted by Gasteiger charge is 1.95. The average Bonchev–Trinajstić information content (AvgIpc) is 2.35. The predicted octanol–water partition coefficient (Wildman–Crippen LogP) is 4.49. The molecule has 0 radical (unpaired) electrons. The van der Waals surface area contributed by atoms with E-state index in [0.717, 1.165) is 18.7 Å². The normalized spacial score (nSPS) is 11.8. The van der Waals surface area contributed by atoms with Crippen molar-refractivity contribution >= 4 is 5.69 Å². The van der Waals surface area contributed by atoms with Crippen molar-refractivity contribution in [1.29, 1.82) is 0 Å². The summed E-state index contributed by atoms with van der Waals surface area (Å²) in [6, 6.07) is 8.45. The van der Waals surface area contributed by atoms with Crippen LogP contribution in [0.2, 0.25) is 0 Å². The Kier molecular flexibility index (Phi) is 5.87. The first kappa shape index (κ1) is 13.3. The molecule has 0 amide bonds. The summed E-state index contributed by atoms with van der Waals surface area (Å²) in [5.74, 6) is 0. The van der Waals surface area contributed by atoms with Crippen LogP contribution in [0.3, 0.4) is 0 Å². The zero-order chi connectivity index (χ0) is 12.5. The van der Waals surface area contributed by atoms with Gasteiger partial charge in [0.2, 0.25) is 0 Å². The molecule has 0 bridgehead atoms. The third-order valence-corrected chi connectivity index (χ3v) is 2.54. The molecule has 0 heterocycles. The van der Waals surface area contributed by atoms with Crippen LogP contribution in [-0.2, 0) is 0 Å². The van der Waals surface area contributed by atoms with Crippen molar-refractivity contribution in [1.82, 2.24) is 0 Å². The van der Waals surface area contributed by atoms with Gasteiger partial charge in [-0.15, -0.1) is 0 Å². The Balaban J connectivity index is 2.54. The van der Waals surface area contributed by atoms with Crippen LogP contribution in [0.15, 0.2) is 60.7 Å². The monoisotopic (exact) mass is 227 g/mol. The number of hydrogen-bond acceptors (Lipinski definition) is 1. The van der Waals surface area contributed by atoms with Gasteiger partial charge in [0, 0.05) is 12.2 Å². The van der Waals surface area contributed by atoms with Gasteiger partial charge < -0.3 is 5.32 Å². The van der Waals surface area contributed by atoms with E-state index in [0.29, 0.717) is 0 Å². The minimum absolute atomic E-state index is 0.861. The summed E-state index contributed by atoms with van der Waals surface area (Å²) in [6.07, 6.45) is 9.12. The van der Waals surface area contributed by atoms with Gasteiger partial charge in [0.15, 0.2) is 0 Å². The lowest BCUT2D eigenvalue weighted by atomic mass is 10.1. The summed E-state index contributed by atoms with van der Waals surface area (Å²) in [5.41, 5.74) is 3.77. The van der Waals surface area contributed by atoms with Gasteiger partial charge in [-0.2, -0.15) is 0 Å². The van der Waals surface area contributed by atoms with Crippen LogP contribution in [0.25, 0.3) is 0 Å². The van der Waals surface area contributed by atoms with E-state index in [4.69, 9.17) is 0 Å². The first-order valence-electron chi connectivity index (χ1n) is 5.98. The SMILES string of the molecule is C=C/C=C(\C/C=C\C)CNc1ccc(C)cc1. The first-order chi connectivity index (χ1) is 8.26. The molecule has 1 aromatic carbocycles. The Morgan fingerprint density at radius 2 is 2.00 bits per heavy atom. The summed E-state index contributed by atoms with van der Waals surface area (Å²) in [6.45, 7) is 8.74. The lowest BCUT2D eigenvalue weighted by molar-refractivity contribution is 1.11. The average molecular weight is 227 g/mol. The van der Waals surface area contributed by atoms with Crippen LogP contribution in [0, 0.1) is 6.92 Å². The molecular formula is C16H21N. The van der Waals surface area contributed by atoms with Gasteiger partial charge in [-0.3, -0.25) is 0 Å². The van der Waals surface area contributed by atoms with Crippen LogP contribution < -0.4 is 5.32 Å². The lowest BCUT2D eigenvalue weighted by Crippen LogP contribution is -2.04. The van der Waals surface area contributed by atoms with Crippen molar-refractivity contribution in [2.75, 3.05) is 11.9 Å². The number of nitrogens with one attached hydrogen (secondary N) is 1. The molecule has 0 unspecified atom stereocenters. The second kappa shape index (κ2) is 7.50. The molecule has 1 aromatic rings. The zero-order valence-corrected chi connectivity index (χ0v) is 10.7. The highest BCUT2D eigenvalue weighted by molar-refractivity contribution is 5.45. The van der Waals surface area contributed by atoms with Gasteiger partial charge >= 0.3 is 0 Å². The number of hydrogen-bond donors (Lipinski definition) is 1. The van der Waals surface area contributed by atoms with E-state index in [1.54, 1.807) is 0 Å². The number of benzene rings is 1. The quantitative estimate of drug-likeness (QED) is 0.558. The Bertz CT molecular complexity index is 396. The molecule has 1 rings (SSSR count). The zero-order valence-electron chi connectivity index (χ0n) is 10.7. The molecule has 90 valence electrons. The summed E-state index contributed by atoms with van der Waals surface area (Å²) in [4.78, 5) is 0. The van der Waals surface area contributed by atoms with Gasteiger partial charge in [-0.1, -0.05) is 48.6 Å². The topological polar surface area (TPSA) is 12.0 Å². The fourth-order valence-electron chi connectivity index (χ4n) is 1.52. The summed E-state index contributed by atoms with van der Waals surface area (Å²) in [7, 11) is 0. The molecular weight excluding hydrogens is 206 g/mol. The predicted molar refractivity (Wildman–Crippen MR) is 77.4 cm³/mol. The van der Waals surface area contributed by atoms with E-state index in [1.165, 1.54) is 11.1 Å². The standard InChI is InChI=1S/C16H21N/c1-4-6-8-15(7-5-2)13-17-16-11-9-14(3)10-12-16/h4-7,9-12,17H,2,8,13H2,1,3H3/b6-4-,15-7+. The molecule has 0 aliphatic rings. The van der Waals surface area contributed by atoms with Crippen molar-refractivity contribution in [2.45, 2.75) is 20.3 Å². The second-order valence-corrected chi connectivity index (χ2v) is 4.05. The van der Waals surface area contributed by atoms with Crippen LogP contribution in [0.5, 0.6) is 0 Å². The molecule has 0 aromatic heterocycles. The lowest BCUT2D eigenvalue weighted by Gasteiger charge is -2.08. The number of rotatable bonds is 6. The highest BCUT2D eigenvalue weighted by Crippen LogP contribution is 2.11. The van der Waals surface area contributed by atoms with E-state index < -0.39 is 0 Å². The highest BCUT2D eigenvalue weighted by atomic mass is 14.9. The minimum atomic E-state index is 0.861. The summed E-state index contributed by atoms with van der Waals surface area (Å²) >= 11 is 0. The number of anilines is 1. The van der Waals surface area contributed by atoms with Crippen LogP contribution in [0.4, 0.5) is 5.69 Å². The van der Waals surface area contributed by atoms with E-state index in [2.05, 4.69) is 61.3 Å². The Morgan fingerprint density at radius 3 is 2.59 bits per heavy atom. The van der Waals surface area contributed by atoms with Crippen molar-refractivity contribution in [3.8, 4) is 0 Å². The Morgan fingerprint density at radius 1 is 1.29 bits per heavy atom.